The Balaban J connectivity index is 1.62. The van der Waals surface area contributed by atoms with E-state index in [9.17, 15) is 4.79 Å². The van der Waals surface area contributed by atoms with Crippen molar-refractivity contribution >= 4 is 34.2 Å². The molecule has 0 fully saturated rings. The van der Waals surface area contributed by atoms with E-state index in [1.807, 2.05) is 42.3 Å². The summed E-state index contributed by atoms with van der Waals surface area (Å²) in [4.78, 5) is 27.8. The number of nitrogens with zero attached hydrogens (tertiary/aromatic N) is 3. The number of unbranched alkanes of at least 4 members (excludes halogenated alkanes) is 1. The van der Waals surface area contributed by atoms with Gasteiger partial charge in [-0.1, -0.05) is 29.8 Å². The average molecular weight is 431 g/mol. The molecule has 1 aromatic heterocycles. The summed E-state index contributed by atoms with van der Waals surface area (Å²) in [5.74, 6) is 0.123. The third-order valence-corrected chi connectivity index (χ3v) is 5.91. The average Bonchev–Trinajstić information content (AvgIpc) is 3.12. The number of H-pyrrole nitrogens is 1. The van der Waals surface area contributed by atoms with Crippen LogP contribution in [0, 0.1) is 6.92 Å². The lowest BCUT2D eigenvalue weighted by Crippen LogP contribution is -2.39. The summed E-state index contributed by atoms with van der Waals surface area (Å²) in [6.07, 6.45) is 4.16. The van der Waals surface area contributed by atoms with Crippen molar-refractivity contribution in [3.05, 3.63) is 65.4 Å². The number of fused-ring (bicyclic) bond motifs is 2. The molecule has 1 aliphatic rings. The van der Waals surface area contributed by atoms with E-state index in [1.54, 1.807) is 0 Å². The van der Waals surface area contributed by atoms with Crippen LogP contribution in [0.5, 0.6) is 0 Å². The van der Waals surface area contributed by atoms with Gasteiger partial charge < -0.3 is 21.4 Å². The van der Waals surface area contributed by atoms with Crippen molar-refractivity contribution in [2.75, 3.05) is 18.0 Å². The minimum Gasteiger partial charge on any atom is -0.370 e. The summed E-state index contributed by atoms with van der Waals surface area (Å²) < 4.78 is 0. The molecule has 1 aliphatic heterocycles. The molecule has 0 saturated heterocycles. The van der Waals surface area contributed by atoms with Crippen LogP contribution in [0.25, 0.3) is 10.9 Å². The van der Waals surface area contributed by atoms with Crippen molar-refractivity contribution < 1.29 is 4.79 Å². The van der Waals surface area contributed by atoms with Gasteiger partial charge in [-0.05, 0) is 50.5 Å². The molecule has 0 radical (unpaired) electrons. The smallest absolute Gasteiger partial charge is 0.252 e. The molecule has 0 saturated carbocycles. The topological polar surface area (TPSA) is 113 Å². The molecule has 1 atom stereocenters. The van der Waals surface area contributed by atoms with Crippen LogP contribution >= 0.6 is 0 Å². The normalized spacial score (nSPS) is 15.9. The van der Waals surface area contributed by atoms with E-state index < -0.39 is 6.04 Å². The Bertz CT molecular complexity index is 1190. The van der Waals surface area contributed by atoms with E-state index in [4.69, 9.17) is 16.5 Å². The summed E-state index contributed by atoms with van der Waals surface area (Å²) in [6.45, 7) is 5.22. The van der Waals surface area contributed by atoms with E-state index in [-0.39, 0.29) is 11.9 Å². The van der Waals surface area contributed by atoms with Crippen molar-refractivity contribution in [2.45, 2.75) is 39.2 Å². The largest absolute Gasteiger partial charge is 0.370 e. The Morgan fingerprint density at radius 2 is 1.97 bits per heavy atom. The molecule has 0 bridgehead atoms. The lowest BCUT2D eigenvalue weighted by molar-refractivity contribution is -0.119. The van der Waals surface area contributed by atoms with E-state index >= 15 is 0 Å². The van der Waals surface area contributed by atoms with Crippen molar-refractivity contribution in [1.82, 2.24) is 4.98 Å². The number of nitrogens with two attached hydrogens (primary N) is 2. The van der Waals surface area contributed by atoms with E-state index in [1.165, 1.54) is 5.56 Å². The molecule has 2 heterocycles. The van der Waals surface area contributed by atoms with Crippen LogP contribution in [-0.2, 0) is 11.2 Å². The van der Waals surface area contributed by atoms with Gasteiger partial charge in [-0.2, -0.15) is 0 Å². The highest BCUT2D eigenvalue weighted by Gasteiger charge is 2.30. The Morgan fingerprint density at radius 3 is 2.78 bits per heavy atom. The summed E-state index contributed by atoms with van der Waals surface area (Å²) in [5.41, 5.74) is 17.0. The number of aromatic nitrogens is 1. The van der Waals surface area contributed by atoms with Crippen molar-refractivity contribution in [3.63, 3.8) is 0 Å². The maximum absolute atomic E-state index is 13.7. The number of guanidine groups is 1. The first-order chi connectivity index (χ1) is 15.4. The highest BCUT2D eigenvalue weighted by molar-refractivity contribution is 6.12. The Hall–Kier alpha value is -3.61. The predicted octanol–water partition coefficient (Wildman–Crippen LogP) is 3.30. The predicted molar refractivity (Wildman–Crippen MR) is 131 cm³/mol. The first-order valence-electron chi connectivity index (χ1n) is 11.0. The maximum Gasteiger partial charge on any atom is 0.252 e. The second-order valence-electron chi connectivity index (χ2n) is 8.32. The van der Waals surface area contributed by atoms with Crippen LogP contribution in [-0.4, -0.2) is 41.7 Å². The molecule has 7 nitrogen and oxygen atoms in total. The SMILES string of the molecule is CC1=NC(Cc2c[nH]c3ccc(C)cc23)C(=O)N(CCCCN=C(N)N)c2ccccc21. The number of carbonyl (C=O) groups excluding carboxylic acids is 1. The van der Waals surface area contributed by atoms with Gasteiger partial charge in [0.1, 0.15) is 6.04 Å². The van der Waals surface area contributed by atoms with Crippen molar-refractivity contribution in [2.24, 2.45) is 21.5 Å². The van der Waals surface area contributed by atoms with Crippen LogP contribution in [0.3, 0.4) is 0 Å². The van der Waals surface area contributed by atoms with Crippen LogP contribution in [0.15, 0.2) is 58.6 Å². The molecule has 1 amide bonds. The number of hydrogen-bond acceptors (Lipinski definition) is 3. The van der Waals surface area contributed by atoms with Gasteiger partial charge in [-0.3, -0.25) is 14.8 Å². The van der Waals surface area contributed by atoms with Crippen LogP contribution in [0.2, 0.25) is 0 Å². The zero-order valence-corrected chi connectivity index (χ0v) is 18.6. The highest BCUT2D eigenvalue weighted by atomic mass is 16.2. The number of hydrogen-bond donors (Lipinski definition) is 3. The van der Waals surface area contributed by atoms with Gasteiger partial charge in [0.15, 0.2) is 5.96 Å². The minimum absolute atomic E-state index is 0.0261. The molecule has 0 spiro atoms. The van der Waals surface area contributed by atoms with Gasteiger partial charge in [0.2, 0.25) is 0 Å². The van der Waals surface area contributed by atoms with Gasteiger partial charge in [0, 0.05) is 47.9 Å². The molecule has 4 rings (SSSR count). The summed E-state index contributed by atoms with van der Waals surface area (Å²) in [5, 5.41) is 1.15. The first kappa shape index (κ1) is 21.6. The van der Waals surface area contributed by atoms with Gasteiger partial charge in [-0.25, -0.2) is 0 Å². The molecular formula is C25H30N6O. The highest BCUT2D eigenvalue weighted by Crippen LogP contribution is 2.29. The van der Waals surface area contributed by atoms with Crippen LogP contribution in [0.1, 0.15) is 36.5 Å². The molecule has 0 aliphatic carbocycles. The van der Waals surface area contributed by atoms with Gasteiger partial charge in [0.25, 0.3) is 5.91 Å². The number of benzene rings is 2. The molecule has 5 N–H and O–H groups in total. The molecule has 1 unspecified atom stereocenters. The molecular weight excluding hydrogens is 400 g/mol. The van der Waals surface area contributed by atoms with E-state index in [0.29, 0.717) is 19.5 Å². The van der Waals surface area contributed by atoms with Crippen molar-refractivity contribution in [3.8, 4) is 0 Å². The lowest BCUT2D eigenvalue weighted by Gasteiger charge is -2.25. The van der Waals surface area contributed by atoms with E-state index in [2.05, 4.69) is 35.1 Å². The molecule has 2 aromatic carbocycles. The van der Waals surface area contributed by atoms with Gasteiger partial charge in [0.05, 0.1) is 5.69 Å². The fraction of sp³-hybridized carbons (Fsp3) is 0.320. The minimum atomic E-state index is -0.473. The third-order valence-electron chi connectivity index (χ3n) is 5.91. The van der Waals surface area contributed by atoms with Gasteiger partial charge >= 0.3 is 0 Å². The standard InChI is InChI=1S/C25H30N6O/c1-16-9-10-21-20(13-16)18(15-29-21)14-22-24(32)31(12-6-5-11-28-25(26)27)23-8-4-3-7-19(23)17(2)30-22/h3-4,7-10,13,15,22,29H,5-6,11-12,14H2,1-2H3,(H4,26,27,28). The summed E-state index contributed by atoms with van der Waals surface area (Å²) in [6, 6.07) is 13.8. The van der Waals surface area contributed by atoms with Crippen molar-refractivity contribution in [1.29, 1.82) is 0 Å². The molecule has 3 aromatic rings. The third kappa shape index (κ3) is 4.51. The quantitative estimate of drug-likeness (QED) is 0.304. The Labute approximate surface area is 188 Å². The molecule has 7 heteroatoms. The number of nitrogens with one attached hydrogen (secondary N) is 1. The number of aryl methyl sites for hydroxylation is 1. The summed E-state index contributed by atoms with van der Waals surface area (Å²) >= 11 is 0. The number of rotatable bonds is 7. The van der Waals surface area contributed by atoms with Crippen LogP contribution in [0.4, 0.5) is 5.69 Å². The number of benzodiazepines with no additional fused rings is 1. The monoisotopic (exact) mass is 430 g/mol. The number of amides is 1. The number of aliphatic imine (C=N–C) groups is 2. The second-order valence-corrected chi connectivity index (χ2v) is 8.32. The zero-order chi connectivity index (χ0) is 22.7. The lowest BCUT2D eigenvalue weighted by atomic mass is 10.0. The Kier molecular flexibility index (Phi) is 6.25. The Morgan fingerprint density at radius 1 is 1.16 bits per heavy atom. The molecule has 166 valence electrons. The van der Waals surface area contributed by atoms with Crippen LogP contribution < -0.4 is 16.4 Å². The zero-order valence-electron chi connectivity index (χ0n) is 18.6. The van der Waals surface area contributed by atoms with E-state index in [0.717, 1.165) is 46.3 Å². The summed E-state index contributed by atoms with van der Waals surface area (Å²) in [7, 11) is 0. The maximum atomic E-state index is 13.7. The fourth-order valence-corrected chi connectivity index (χ4v) is 4.29. The molecule has 32 heavy (non-hydrogen) atoms. The fourth-order valence-electron chi connectivity index (χ4n) is 4.29. The first-order valence-corrected chi connectivity index (χ1v) is 11.0. The number of aromatic amines is 1. The number of anilines is 1. The number of carbonyl (C=O) groups is 1. The number of para-hydroxylation sites is 1. The van der Waals surface area contributed by atoms with Gasteiger partial charge in [-0.15, -0.1) is 0 Å². The second kappa shape index (κ2) is 9.26.